The highest BCUT2D eigenvalue weighted by atomic mass is 35.5. The second kappa shape index (κ2) is 6.73. The van der Waals surface area contributed by atoms with Crippen LogP contribution in [-0.2, 0) is 12.3 Å². The van der Waals surface area contributed by atoms with E-state index < -0.39 is 6.10 Å². The molecule has 3 aromatic rings. The molecular formula is C17H17ClN2OS. The first kappa shape index (κ1) is 15.4. The van der Waals surface area contributed by atoms with Crippen molar-refractivity contribution in [2.24, 2.45) is 0 Å². The maximum absolute atomic E-state index is 9.75. The van der Waals surface area contributed by atoms with Crippen LogP contribution in [0.3, 0.4) is 0 Å². The topological polar surface area (TPSA) is 38.0 Å². The van der Waals surface area contributed by atoms with Crippen LogP contribution in [-0.4, -0.2) is 20.8 Å². The monoisotopic (exact) mass is 332 g/mol. The summed E-state index contributed by atoms with van der Waals surface area (Å²) in [4.78, 5) is 5.86. The van der Waals surface area contributed by atoms with Crippen molar-refractivity contribution >= 4 is 34.4 Å². The molecule has 0 saturated heterocycles. The van der Waals surface area contributed by atoms with Gasteiger partial charge < -0.3 is 9.67 Å². The molecule has 0 aliphatic heterocycles. The Morgan fingerprint density at radius 3 is 2.64 bits per heavy atom. The van der Waals surface area contributed by atoms with E-state index in [1.807, 2.05) is 48.5 Å². The van der Waals surface area contributed by atoms with Gasteiger partial charge in [-0.2, -0.15) is 0 Å². The number of hydrogen-bond acceptors (Lipinski definition) is 3. The molecule has 0 radical (unpaired) electrons. The van der Waals surface area contributed by atoms with Crippen molar-refractivity contribution < 1.29 is 5.11 Å². The van der Waals surface area contributed by atoms with Gasteiger partial charge in [0.2, 0.25) is 0 Å². The van der Waals surface area contributed by atoms with Crippen LogP contribution in [0.2, 0.25) is 5.02 Å². The lowest BCUT2D eigenvalue weighted by molar-refractivity contribution is 0.174. The van der Waals surface area contributed by atoms with E-state index in [-0.39, 0.29) is 0 Å². The van der Waals surface area contributed by atoms with Gasteiger partial charge in [-0.25, -0.2) is 4.98 Å². The highest BCUT2D eigenvalue weighted by Crippen LogP contribution is 2.26. The van der Waals surface area contributed by atoms with E-state index in [4.69, 9.17) is 16.6 Å². The number of imidazole rings is 1. The number of nitrogens with zero attached hydrogens (tertiary/aromatic N) is 2. The SMILES string of the molecule is CC(O)Cn1c(CSc2ccc(Cl)cc2)nc2ccccc21. The number of halogens is 1. The lowest BCUT2D eigenvalue weighted by atomic mass is 10.3. The maximum Gasteiger partial charge on any atom is 0.120 e. The van der Waals surface area contributed by atoms with Crippen LogP contribution >= 0.6 is 23.4 Å². The van der Waals surface area contributed by atoms with Gasteiger partial charge in [-0.15, -0.1) is 11.8 Å². The first-order valence-corrected chi connectivity index (χ1v) is 8.50. The number of rotatable bonds is 5. The van der Waals surface area contributed by atoms with Gasteiger partial charge in [0.05, 0.1) is 29.4 Å². The third-order valence-electron chi connectivity index (χ3n) is 3.36. The number of fused-ring (bicyclic) bond motifs is 1. The van der Waals surface area contributed by atoms with Gasteiger partial charge in [0.25, 0.3) is 0 Å². The van der Waals surface area contributed by atoms with Crippen LogP contribution in [0.5, 0.6) is 0 Å². The Morgan fingerprint density at radius 2 is 1.91 bits per heavy atom. The molecule has 0 fully saturated rings. The largest absolute Gasteiger partial charge is 0.392 e. The molecule has 0 spiro atoms. The van der Waals surface area contributed by atoms with Gasteiger partial charge in [0.1, 0.15) is 5.82 Å². The number of para-hydroxylation sites is 2. The number of aliphatic hydroxyl groups excluding tert-OH is 1. The summed E-state index contributed by atoms with van der Waals surface area (Å²) < 4.78 is 2.10. The van der Waals surface area contributed by atoms with Gasteiger partial charge in [-0.1, -0.05) is 23.7 Å². The van der Waals surface area contributed by atoms with Crippen molar-refractivity contribution in [3.63, 3.8) is 0 Å². The summed E-state index contributed by atoms with van der Waals surface area (Å²) in [5.74, 6) is 1.73. The minimum absolute atomic E-state index is 0.406. The van der Waals surface area contributed by atoms with Crippen molar-refractivity contribution in [2.45, 2.75) is 30.2 Å². The summed E-state index contributed by atoms with van der Waals surface area (Å²) in [7, 11) is 0. The predicted octanol–water partition coefficient (Wildman–Crippen LogP) is 4.36. The zero-order valence-electron chi connectivity index (χ0n) is 12.2. The molecule has 1 atom stereocenters. The summed E-state index contributed by atoms with van der Waals surface area (Å²) in [6, 6.07) is 15.8. The predicted molar refractivity (Wildman–Crippen MR) is 92.4 cm³/mol. The van der Waals surface area contributed by atoms with Crippen LogP contribution in [0, 0.1) is 0 Å². The van der Waals surface area contributed by atoms with E-state index in [2.05, 4.69) is 4.57 Å². The molecule has 5 heteroatoms. The molecule has 1 heterocycles. The van der Waals surface area contributed by atoms with E-state index in [0.717, 1.165) is 32.5 Å². The van der Waals surface area contributed by atoms with Gasteiger partial charge >= 0.3 is 0 Å². The van der Waals surface area contributed by atoms with E-state index in [9.17, 15) is 5.11 Å². The minimum Gasteiger partial charge on any atom is -0.392 e. The number of benzene rings is 2. The normalized spacial score (nSPS) is 12.7. The van der Waals surface area contributed by atoms with Crippen LogP contribution in [0.4, 0.5) is 0 Å². The molecule has 1 N–H and O–H groups in total. The third kappa shape index (κ3) is 3.46. The molecule has 0 amide bonds. The molecule has 114 valence electrons. The Labute approximate surface area is 138 Å². The summed E-state index contributed by atoms with van der Waals surface area (Å²) in [5.41, 5.74) is 2.03. The first-order chi connectivity index (χ1) is 10.6. The molecule has 3 rings (SSSR count). The van der Waals surface area contributed by atoms with Crippen molar-refractivity contribution in [2.75, 3.05) is 0 Å². The molecule has 2 aromatic carbocycles. The summed E-state index contributed by atoms with van der Waals surface area (Å²) >= 11 is 7.63. The molecule has 0 bridgehead atoms. The lowest BCUT2D eigenvalue weighted by Crippen LogP contribution is -2.13. The average molecular weight is 333 g/mol. The fourth-order valence-corrected chi connectivity index (χ4v) is 3.35. The van der Waals surface area contributed by atoms with E-state index in [0.29, 0.717) is 6.54 Å². The average Bonchev–Trinajstić information content (AvgIpc) is 2.84. The van der Waals surface area contributed by atoms with Crippen LogP contribution < -0.4 is 0 Å². The smallest absolute Gasteiger partial charge is 0.120 e. The summed E-state index contributed by atoms with van der Waals surface area (Å²) in [5, 5.41) is 10.5. The van der Waals surface area contributed by atoms with Crippen molar-refractivity contribution in [3.05, 3.63) is 59.4 Å². The van der Waals surface area contributed by atoms with Crippen LogP contribution in [0.1, 0.15) is 12.7 Å². The van der Waals surface area contributed by atoms with Crippen molar-refractivity contribution in [1.29, 1.82) is 0 Å². The summed E-state index contributed by atoms with van der Waals surface area (Å²) in [6.45, 7) is 2.35. The molecular weight excluding hydrogens is 316 g/mol. The number of hydrogen-bond donors (Lipinski definition) is 1. The van der Waals surface area contributed by atoms with Gasteiger partial charge in [0, 0.05) is 9.92 Å². The Kier molecular flexibility index (Phi) is 4.71. The van der Waals surface area contributed by atoms with Gasteiger partial charge in [0.15, 0.2) is 0 Å². The lowest BCUT2D eigenvalue weighted by Gasteiger charge is -2.11. The number of thioether (sulfide) groups is 1. The fourth-order valence-electron chi connectivity index (χ4n) is 2.38. The van der Waals surface area contributed by atoms with Gasteiger partial charge in [-0.05, 0) is 43.3 Å². The van der Waals surface area contributed by atoms with Crippen molar-refractivity contribution in [3.8, 4) is 0 Å². The first-order valence-electron chi connectivity index (χ1n) is 7.14. The number of aliphatic hydroxyl groups is 1. The van der Waals surface area contributed by atoms with E-state index in [1.54, 1.807) is 18.7 Å². The Hall–Kier alpha value is -1.49. The minimum atomic E-state index is -0.406. The standard InChI is InChI=1S/C17H17ClN2OS/c1-12(21)10-20-16-5-3-2-4-15(16)19-17(20)11-22-14-8-6-13(18)7-9-14/h2-9,12,21H,10-11H2,1H3. The zero-order valence-corrected chi connectivity index (χ0v) is 13.8. The molecule has 1 aromatic heterocycles. The molecule has 1 unspecified atom stereocenters. The third-order valence-corrected chi connectivity index (χ3v) is 4.62. The summed E-state index contributed by atoms with van der Waals surface area (Å²) in [6.07, 6.45) is -0.406. The maximum atomic E-state index is 9.75. The second-order valence-corrected chi connectivity index (χ2v) is 6.70. The van der Waals surface area contributed by atoms with E-state index in [1.165, 1.54) is 0 Å². The quantitative estimate of drug-likeness (QED) is 0.705. The highest BCUT2D eigenvalue weighted by Gasteiger charge is 2.12. The fraction of sp³-hybridized carbons (Fsp3) is 0.235. The van der Waals surface area contributed by atoms with Crippen LogP contribution in [0.25, 0.3) is 11.0 Å². The molecule has 0 aliphatic carbocycles. The zero-order chi connectivity index (χ0) is 15.5. The Bertz CT molecular complexity index is 768. The Morgan fingerprint density at radius 1 is 1.18 bits per heavy atom. The molecule has 3 nitrogen and oxygen atoms in total. The van der Waals surface area contributed by atoms with Gasteiger partial charge in [-0.3, -0.25) is 0 Å². The van der Waals surface area contributed by atoms with Crippen molar-refractivity contribution in [1.82, 2.24) is 9.55 Å². The molecule has 0 aliphatic rings. The Balaban J connectivity index is 1.87. The second-order valence-electron chi connectivity index (χ2n) is 5.22. The number of aromatic nitrogens is 2. The molecule has 22 heavy (non-hydrogen) atoms. The molecule has 0 saturated carbocycles. The van der Waals surface area contributed by atoms with Crippen LogP contribution in [0.15, 0.2) is 53.4 Å². The van der Waals surface area contributed by atoms with E-state index >= 15 is 0 Å². The highest BCUT2D eigenvalue weighted by molar-refractivity contribution is 7.98.